The van der Waals surface area contributed by atoms with Crippen LogP contribution in [0.4, 0.5) is 5.82 Å². The van der Waals surface area contributed by atoms with Crippen LogP contribution in [0.1, 0.15) is 44.9 Å². The Bertz CT molecular complexity index is 530. The smallest absolute Gasteiger partial charge is 0.244 e. The minimum atomic E-state index is 0.0112. The summed E-state index contributed by atoms with van der Waals surface area (Å²) in [7, 11) is 0. The first kappa shape index (κ1) is 15.0. The monoisotopic (exact) mass is 305 g/mol. The SMILES string of the molecule is O=C(Nc1cn(CC(=O)N2CCCCCC2)nn1)C1CCC1. The molecule has 0 bridgehead atoms. The number of anilines is 1. The maximum Gasteiger partial charge on any atom is 0.244 e. The average Bonchev–Trinajstić information content (AvgIpc) is 2.71. The van der Waals surface area contributed by atoms with Crippen molar-refractivity contribution in [3.63, 3.8) is 0 Å². The number of rotatable bonds is 4. The normalized spacial score (nSPS) is 19.4. The van der Waals surface area contributed by atoms with Crippen molar-refractivity contribution in [1.29, 1.82) is 0 Å². The van der Waals surface area contributed by atoms with Crippen molar-refractivity contribution in [3.05, 3.63) is 6.20 Å². The Morgan fingerprint density at radius 3 is 2.50 bits per heavy atom. The number of amides is 2. The Morgan fingerprint density at radius 1 is 1.14 bits per heavy atom. The molecule has 120 valence electrons. The van der Waals surface area contributed by atoms with Gasteiger partial charge in [-0.1, -0.05) is 24.5 Å². The Balaban J connectivity index is 1.52. The molecule has 1 saturated carbocycles. The molecule has 1 aliphatic carbocycles. The van der Waals surface area contributed by atoms with Crippen LogP contribution in [0.25, 0.3) is 0 Å². The molecule has 22 heavy (non-hydrogen) atoms. The quantitative estimate of drug-likeness (QED) is 0.912. The largest absolute Gasteiger partial charge is 0.341 e. The first-order chi connectivity index (χ1) is 10.7. The number of nitrogens with one attached hydrogen (secondary N) is 1. The molecule has 1 saturated heterocycles. The minimum Gasteiger partial charge on any atom is -0.341 e. The number of likely N-dealkylation sites (tertiary alicyclic amines) is 1. The van der Waals surface area contributed by atoms with Gasteiger partial charge in [0.25, 0.3) is 0 Å². The lowest BCUT2D eigenvalue weighted by Crippen LogP contribution is -2.34. The third-order valence-electron chi connectivity index (χ3n) is 4.52. The molecule has 7 nitrogen and oxygen atoms in total. The van der Waals surface area contributed by atoms with Gasteiger partial charge in [-0.05, 0) is 25.7 Å². The fourth-order valence-corrected chi connectivity index (χ4v) is 2.89. The van der Waals surface area contributed by atoms with Gasteiger partial charge in [0.2, 0.25) is 11.8 Å². The fourth-order valence-electron chi connectivity index (χ4n) is 2.89. The number of aromatic nitrogens is 3. The van der Waals surface area contributed by atoms with Gasteiger partial charge >= 0.3 is 0 Å². The lowest BCUT2D eigenvalue weighted by atomic mass is 9.85. The Kier molecular flexibility index (Phi) is 4.70. The Labute approximate surface area is 130 Å². The molecule has 2 aliphatic rings. The van der Waals surface area contributed by atoms with Gasteiger partial charge in [-0.2, -0.15) is 0 Å². The van der Waals surface area contributed by atoms with E-state index in [9.17, 15) is 9.59 Å². The van der Waals surface area contributed by atoms with Crippen molar-refractivity contribution in [2.45, 2.75) is 51.5 Å². The summed E-state index contributed by atoms with van der Waals surface area (Å²) >= 11 is 0. The van der Waals surface area contributed by atoms with E-state index in [1.807, 2.05) is 4.90 Å². The molecule has 7 heteroatoms. The summed E-state index contributed by atoms with van der Waals surface area (Å²) in [6.45, 7) is 1.85. The topological polar surface area (TPSA) is 80.1 Å². The van der Waals surface area contributed by atoms with E-state index in [2.05, 4.69) is 15.6 Å². The van der Waals surface area contributed by atoms with Crippen molar-refractivity contribution in [1.82, 2.24) is 19.9 Å². The number of carbonyl (C=O) groups is 2. The van der Waals surface area contributed by atoms with E-state index in [-0.39, 0.29) is 24.3 Å². The summed E-state index contributed by atoms with van der Waals surface area (Å²) in [6.07, 6.45) is 9.20. The van der Waals surface area contributed by atoms with Crippen LogP contribution < -0.4 is 5.32 Å². The lowest BCUT2D eigenvalue weighted by molar-refractivity contribution is -0.132. The maximum absolute atomic E-state index is 12.3. The van der Waals surface area contributed by atoms with Crippen LogP contribution in [-0.2, 0) is 16.1 Å². The Hall–Kier alpha value is -1.92. The van der Waals surface area contributed by atoms with Crippen molar-refractivity contribution < 1.29 is 9.59 Å². The summed E-state index contributed by atoms with van der Waals surface area (Å²) in [4.78, 5) is 26.0. The number of hydrogen-bond donors (Lipinski definition) is 1. The molecule has 1 aliphatic heterocycles. The van der Waals surface area contributed by atoms with E-state index in [4.69, 9.17) is 0 Å². The van der Waals surface area contributed by atoms with Gasteiger partial charge in [0.15, 0.2) is 5.82 Å². The van der Waals surface area contributed by atoms with E-state index in [1.54, 1.807) is 6.20 Å². The van der Waals surface area contributed by atoms with Crippen LogP contribution in [0, 0.1) is 5.92 Å². The zero-order valence-electron chi connectivity index (χ0n) is 12.8. The third-order valence-corrected chi connectivity index (χ3v) is 4.52. The summed E-state index contributed by atoms with van der Waals surface area (Å²) in [5, 5.41) is 10.6. The van der Waals surface area contributed by atoms with Gasteiger partial charge in [0.05, 0.1) is 6.20 Å². The summed E-state index contributed by atoms with van der Waals surface area (Å²) in [5.41, 5.74) is 0. The fraction of sp³-hybridized carbons (Fsp3) is 0.733. The molecular weight excluding hydrogens is 282 g/mol. The van der Waals surface area contributed by atoms with Crippen molar-refractivity contribution in [2.24, 2.45) is 5.92 Å². The van der Waals surface area contributed by atoms with Gasteiger partial charge in [-0.15, -0.1) is 5.10 Å². The summed E-state index contributed by atoms with van der Waals surface area (Å²) < 4.78 is 1.50. The van der Waals surface area contributed by atoms with Crippen molar-refractivity contribution in [2.75, 3.05) is 18.4 Å². The second-order valence-corrected chi connectivity index (χ2v) is 6.21. The molecule has 3 rings (SSSR count). The van der Waals surface area contributed by atoms with E-state index in [1.165, 1.54) is 17.5 Å². The molecule has 0 aromatic carbocycles. The van der Waals surface area contributed by atoms with E-state index >= 15 is 0 Å². The van der Waals surface area contributed by atoms with Crippen LogP contribution in [-0.4, -0.2) is 44.8 Å². The molecule has 0 radical (unpaired) electrons. The molecular formula is C15H23N5O2. The average molecular weight is 305 g/mol. The van der Waals surface area contributed by atoms with Gasteiger partial charge in [-0.25, -0.2) is 4.68 Å². The predicted molar refractivity (Wildman–Crippen MR) is 81.0 cm³/mol. The number of hydrogen-bond acceptors (Lipinski definition) is 4. The molecule has 2 fully saturated rings. The molecule has 1 aromatic rings. The lowest BCUT2D eigenvalue weighted by Gasteiger charge is -2.23. The highest BCUT2D eigenvalue weighted by atomic mass is 16.2. The molecule has 2 amide bonds. The molecule has 2 heterocycles. The van der Waals surface area contributed by atoms with Gasteiger partial charge in [0, 0.05) is 19.0 Å². The van der Waals surface area contributed by atoms with Crippen LogP contribution in [0.5, 0.6) is 0 Å². The highest BCUT2D eigenvalue weighted by molar-refractivity contribution is 5.92. The van der Waals surface area contributed by atoms with Gasteiger partial charge < -0.3 is 10.2 Å². The second-order valence-electron chi connectivity index (χ2n) is 6.21. The number of nitrogens with zero attached hydrogens (tertiary/aromatic N) is 4. The zero-order chi connectivity index (χ0) is 15.4. The number of carbonyl (C=O) groups excluding carboxylic acids is 2. The zero-order valence-corrected chi connectivity index (χ0v) is 12.8. The highest BCUT2D eigenvalue weighted by Crippen LogP contribution is 2.27. The van der Waals surface area contributed by atoms with Gasteiger partial charge in [-0.3, -0.25) is 9.59 Å². The third kappa shape index (κ3) is 3.64. The van der Waals surface area contributed by atoms with E-state index in [0.717, 1.165) is 45.2 Å². The standard InChI is InChI=1S/C15H23N5O2/c21-14(19-8-3-1-2-4-9-19)11-20-10-13(17-18-20)16-15(22)12-6-5-7-12/h10,12H,1-9,11H2,(H,16,22). The van der Waals surface area contributed by atoms with Crippen molar-refractivity contribution in [3.8, 4) is 0 Å². The van der Waals surface area contributed by atoms with E-state index in [0.29, 0.717) is 5.82 Å². The van der Waals surface area contributed by atoms with Crippen LogP contribution >= 0.6 is 0 Å². The molecule has 1 aromatic heterocycles. The minimum absolute atomic E-state index is 0.0112. The molecule has 1 N–H and O–H groups in total. The van der Waals surface area contributed by atoms with Gasteiger partial charge in [0.1, 0.15) is 6.54 Å². The van der Waals surface area contributed by atoms with Crippen molar-refractivity contribution >= 4 is 17.6 Å². The van der Waals surface area contributed by atoms with Crippen LogP contribution in [0.3, 0.4) is 0 Å². The van der Waals surface area contributed by atoms with E-state index < -0.39 is 0 Å². The maximum atomic E-state index is 12.3. The second kappa shape index (κ2) is 6.89. The molecule has 0 spiro atoms. The predicted octanol–water partition coefficient (Wildman–Crippen LogP) is 1.42. The molecule has 0 atom stereocenters. The first-order valence-corrected chi connectivity index (χ1v) is 8.21. The highest BCUT2D eigenvalue weighted by Gasteiger charge is 2.25. The van der Waals surface area contributed by atoms with Crippen LogP contribution in [0.2, 0.25) is 0 Å². The van der Waals surface area contributed by atoms with Crippen LogP contribution in [0.15, 0.2) is 6.20 Å². The summed E-state index contributed by atoms with van der Waals surface area (Å²) in [5.74, 6) is 0.630. The first-order valence-electron chi connectivity index (χ1n) is 8.21. The molecule has 0 unspecified atom stereocenters. The summed E-state index contributed by atoms with van der Waals surface area (Å²) in [6, 6.07) is 0. The Morgan fingerprint density at radius 2 is 1.86 bits per heavy atom.